The molecular weight excluding hydrogens is 510 g/mol. The molecule has 0 saturated carbocycles. The Hall–Kier alpha value is -2.98. The molecule has 5 atom stereocenters. The van der Waals surface area contributed by atoms with Gasteiger partial charge in [-0.2, -0.15) is 0 Å². The van der Waals surface area contributed by atoms with Crippen molar-refractivity contribution in [3.63, 3.8) is 0 Å². The van der Waals surface area contributed by atoms with Crippen LogP contribution >= 0.6 is 0 Å². The Morgan fingerprint density at radius 3 is 1.73 bits per heavy atom. The van der Waals surface area contributed by atoms with Gasteiger partial charge in [-0.1, -0.05) is 81.4 Å². The van der Waals surface area contributed by atoms with Crippen LogP contribution < -0.4 is 15.7 Å². The summed E-state index contributed by atoms with van der Waals surface area (Å²) in [7, 11) is 0. The molecule has 0 aromatic heterocycles. The number of amides is 2. The molecule has 0 aliphatic heterocycles. The van der Waals surface area contributed by atoms with Gasteiger partial charge < -0.3 is 40.8 Å². The molecule has 2 aromatic carbocycles. The Morgan fingerprint density at radius 2 is 1.27 bits per heavy atom. The fraction of sp³-hybridized carbons (Fsp3) is 0.548. The molecule has 0 heterocycles. The lowest BCUT2D eigenvalue weighted by molar-refractivity contribution is -0.275. The first-order valence-electron chi connectivity index (χ1n) is 13.7. The third kappa shape index (κ3) is 10.2. The summed E-state index contributed by atoms with van der Waals surface area (Å²) in [5.41, 5.74) is 0.262. The predicted octanol–water partition coefficient (Wildman–Crippen LogP) is 1.49. The van der Waals surface area contributed by atoms with Gasteiger partial charge in [0, 0.05) is 18.6 Å². The predicted molar refractivity (Wildman–Crippen MR) is 153 cm³/mol. The van der Waals surface area contributed by atoms with Crippen molar-refractivity contribution in [2.45, 2.75) is 90.3 Å². The summed E-state index contributed by atoms with van der Waals surface area (Å²) in [5.74, 6) is -0.579. The lowest BCUT2D eigenvalue weighted by atomic mass is 9.88. The Morgan fingerprint density at radius 1 is 0.800 bits per heavy atom. The topological polar surface area (TPSA) is 145 Å². The van der Waals surface area contributed by atoms with E-state index in [1.165, 1.54) is 0 Å². The van der Waals surface area contributed by atoms with Crippen molar-refractivity contribution in [1.82, 2.24) is 15.5 Å². The molecule has 0 aliphatic carbocycles. The Labute approximate surface area is 238 Å². The van der Waals surface area contributed by atoms with Crippen LogP contribution in [0.3, 0.4) is 0 Å². The quantitative estimate of drug-likeness (QED) is 0.251. The third-order valence-electron chi connectivity index (χ3n) is 6.85. The minimum absolute atomic E-state index is 0.00889. The zero-order chi connectivity index (χ0) is 30.1. The number of aliphatic hydroxyl groups is 3. The highest BCUT2D eigenvalue weighted by Gasteiger charge is 2.35. The second kappa shape index (κ2) is 14.6. The third-order valence-corrected chi connectivity index (χ3v) is 6.85. The second-order valence-electron chi connectivity index (χ2n) is 12.4. The summed E-state index contributed by atoms with van der Waals surface area (Å²) in [6, 6.07) is 17.2. The van der Waals surface area contributed by atoms with E-state index in [0.717, 1.165) is 16.0 Å². The van der Waals surface area contributed by atoms with E-state index in [1.807, 2.05) is 60.7 Å². The van der Waals surface area contributed by atoms with Crippen LogP contribution in [0.2, 0.25) is 0 Å². The molecule has 40 heavy (non-hydrogen) atoms. The number of hydrogen-bond donors (Lipinski definition) is 5. The molecule has 9 nitrogen and oxygen atoms in total. The van der Waals surface area contributed by atoms with Gasteiger partial charge >= 0.3 is 0 Å². The van der Waals surface area contributed by atoms with E-state index < -0.39 is 53.3 Å². The van der Waals surface area contributed by atoms with Crippen molar-refractivity contribution >= 4 is 12.0 Å². The van der Waals surface area contributed by atoms with E-state index in [-0.39, 0.29) is 19.5 Å². The van der Waals surface area contributed by atoms with E-state index >= 15 is 0 Å². The van der Waals surface area contributed by atoms with Gasteiger partial charge in [-0.05, 0) is 50.2 Å². The maximum Gasteiger partial charge on any atom is 0.249 e. The van der Waals surface area contributed by atoms with Gasteiger partial charge in [0.25, 0.3) is 0 Å². The highest BCUT2D eigenvalue weighted by molar-refractivity contribution is 5.81. The number of carbonyl (C=O) groups excluding carboxylic acids is 2. The number of aliphatic hydroxyl groups excluding tert-OH is 3. The maximum atomic E-state index is 12.8. The highest BCUT2D eigenvalue weighted by atomic mass is 16.4. The summed E-state index contributed by atoms with van der Waals surface area (Å²) in [4.78, 5) is 26.1. The number of nitrogens with one attached hydrogen (secondary N) is 2. The monoisotopic (exact) mass is 556 g/mol. The summed E-state index contributed by atoms with van der Waals surface area (Å²) in [6.45, 7) is 10.5. The standard InChI is InChI=1S/C31H47N3O6/c1-30(2,3)27(37)28(38)33-23(17-21-13-9-7-10-14-21)25(35)19-32-20-26(36)24(18-22-15-11-8-12-16-22)34(29(39)40)31(4,5)6/h7-16,23-27,32,35-37H,17-20H2,1-6H3,(H,33,38)(H,39,40)/p-1/t23-,24-,25+,26+,27+/m0/s1. The molecule has 0 saturated heterocycles. The fourth-order valence-electron chi connectivity index (χ4n) is 4.63. The first kappa shape index (κ1) is 33.2. The summed E-state index contributed by atoms with van der Waals surface area (Å²) in [5, 5.41) is 50.6. The van der Waals surface area contributed by atoms with Crippen molar-refractivity contribution < 1.29 is 30.0 Å². The number of nitrogens with zero attached hydrogens (tertiary/aromatic N) is 1. The molecule has 0 fully saturated rings. The average molecular weight is 557 g/mol. The zero-order valence-corrected chi connectivity index (χ0v) is 24.5. The fourth-order valence-corrected chi connectivity index (χ4v) is 4.63. The molecule has 9 heteroatoms. The van der Waals surface area contributed by atoms with Gasteiger partial charge in [-0.15, -0.1) is 0 Å². The molecule has 0 aliphatic rings. The van der Waals surface area contributed by atoms with Crippen LogP contribution in [-0.2, 0) is 17.6 Å². The van der Waals surface area contributed by atoms with Crippen LogP contribution in [-0.4, -0.2) is 81.2 Å². The van der Waals surface area contributed by atoms with Crippen LogP contribution in [0.25, 0.3) is 0 Å². The van der Waals surface area contributed by atoms with E-state index in [0.29, 0.717) is 6.42 Å². The van der Waals surface area contributed by atoms with Crippen molar-refractivity contribution in [3.8, 4) is 0 Å². The van der Waals surface area contributed by atoms with Gasteiger partial charge in [-0.3, -0.25) is 4.79 Å². The van der Waals surface area contributed by atoms with Gasteiger partial charge in [-0.25, -0.2) is 0 Å². The number of hydrogen-bond acceptors (Lipinski definition) is 7. The normalized spacial score (nSPS) is 15.9. The number of carboxylic acid groups (broad SMARTS) is 1. The van der Waals surface area contributed by atoms with Crippen molar-refractivity contribution in [3.05, 3.63) is 71.8 Å². The van der Waals surface area contributed by atoms with Crippen molar-refractivity contribution in [2.24, 2.45) is 5.41 Å². The van der Waals surface area contributed by atoms with Gasteiger partial charge in [0.2, 0.25) is 5.91 Å². The molecule has 0 unspecified atom stereocenters. The van der Waals surface area contributed by atoms with E-state index in [4.69, 9.17) is 0 Å². The van der Waals surface area contributed by atoms with Crippen LogP contribution in [0.15, 0.2) is 60.7 Å². The average Bonchev–Trinajstić information content (AvgIpc) is 2.86. The summed E-state index contributed by atoms with van der Waals surface area (Å²) < 4.78 is 0. The Balaban J connectivity index is 2.15. The second-order valence-corrected chi connectivity index (χ2v) is 12.4. The molecule has 222 valence electrons. The Bertz CT molecular complexity index is 1050. The number of benzene rings is 2. The van der Waals surface area contributed by atoms with Gasteiger partial charge in [0.15, 0.2) is 0 Å². The van der Waals surface area contributed by atoms with Gasteiger partial charge in [0.05, 0.1) is 24.3 Å². The molecular formula is C31H46N3O6-. The van der Waals surface area contributed by atoms with E-state index in [9.17, 15) is 30.0 Å². The van der Waals surface area contributed by atoms with E-state index in [2.05, 4.69) is 10.6 Å². The SMILES string of the molecule is CC(C)(C)[C@H](O)C(=O)N[C@@H](Cc1ccccc1)[C@H](O)CNC[C@@H](O)[C@H](Cc1ccccc1)N(C(=O)[O-])C(C)(C)C. The summed E-state index contributed by atoms with van der Waals surface area (Å²) >= 11 is 0. The van der Waals surface area contributed by atoms with Crippen molar-refractivity contribution in [1.29, 1.82) is 0 Å². The highest BCUT2D eigenvalue weighted by Crippen LogP contribution is 2.22. The zero-order valence-electron chi connectivity index (χ0n) is 24.5. The minimum atomic E-state index is -1.38. The largest absolute Gasteiger partial charge is 0.530 e. The molecule has 2 aromatic rings. The lowest BCUT2D eigenvalue weighted by Crippen LogP contribution is -2.62. The van der Waals surface area contributed by atoms with Crippen molar-refractivity contribution in [2.75, 3.05) is 13.1 Å². The van der Waals surface area contributed by atoms with Crippen LogP contribution in [0.5, 0.6) is 0 Å². The van der Waals surface area contributed by atoms with Crippen LogP contribution in [0, 0.1) is 5.41 Å². The summed E-state index contributed by atoms with van der Waals surface area (Å²) in [6.07, 6.45) is -4.22. The number of rotatable bonds is 13. The molecule has 5 N–H and O–H groups in total. The smallest absolute Gasteiger partial charge is 0.249 e. The maximum absolute atomic E-state index is 12.8. The minimum Gasteiger partial charge on any atom is -0.530 e. The van der Waals surface area contributed by atoms with Gasteiger partial charge in [0.1, 0.15) is 12.2 Å². The first-order chi connectivity index (χ1) is 18.6. The molecule has 2 rings (SSSR count). The number of carbonyl (C=O) groups is 2. The Kier molecular flexibility index (Phi) is 12.1. The lowest BCUT2D eigenvalue weighted by Gasteiger charge is -2.45. The van der Waals surface area contributed by atoms with Crippen LogP contribution in [0.4, 0.5) is 4.79 Å². The molecule has 2 amide bonds. The van der Waals surface area contributed by atoms with Crippen LogP contribution in [0.1, 0.15) is 52.7 Å². The first-order valence-corrected chi connectivity index (χ1v) is 13.7. The molecule has 0 radical (unpaired) electrons. The molecule has 0 bridgehead atoms. The molecule has 0 spiro atoms. The van der Waals surface area contributed by atoms with E-state index in [1.54, 1.807) is 41.5 Å².